The summed E-state index contributed by atoms with van der Waals surface area (Å²) < 4.78 is 10.8. The average Bonchev–Trinajstić information content (AvgIpc) is 2.35. The van der Waals surface area contributed by atoms with Crippen LogP contribution in [0.15, 0.2) is 36.4 Å². The van der Waals surface area contributed by atoms with Gasteiger partial charge < -0.3 is 14.6 Å². The molecular weight excluding hydrogens is 220 g/mol. The van der Waals surface area contributed by atoms with Crippen LogP contribution in [-0.2, 0) is 4.79 Å². The van der Waals surface area contributed by atoms with Crippen molar-refractivity contribution in [1.82, 2.24) is 0 Å². The summed E-state index contributed by atoms with van der Waals surface area (Å²) in [5.41, 5.74) is 0. The summed E-state index contributed by atoms with van der Waals surface area (Å²) >= 11 is 0. The summed E-state index contributed by atoms with van der Waals surface area (Å²) in [6, 6.07) is 11.5. The normalized spacial score (nSPS) is 18.0. The van der Waals surface area contributed by atoms with Crippen molar-refractivity contribution in [2.24, 2.45) is 0 Å². The van der Waals surface area contributed by atoms with Crippen LogP contribution in [0, 0.1) is 0 Å². The summed E-state index contributed by atoms with van der Waals surface area (Å²) in [6.45, 7) is 0.0423. The zero-order valence-electron chi connectivity index (χ0n) is 8.92. The van der Waals surface area contributed by atoms with Crippen LogP contribution in [0.1, 0.15) is 0 Å². The first-order valence-electron chi connectivity index (χ1n) is 5.29. The first-order chi connectivity index (χ1) is 8.24. The summed E-state index contributed by atoms with van der Waals surface area (Å²) in [6.07, 6.45) is -0.927. The molecule has 1 N–H and O–H groups in total. The second kappa shape index (κ2) is 3.66. The van der Waals surface area contributed by atoms with Crippen LogP contribution in [-0.4, -0.2) is 23.8 Å². The van der Waals surface area contributed by atoms with E-state index >= 15 is 0 Å². The van der Waals surface area contributed by atoms with Crippen LogP contribution < -0.4 is 9.47 Å². The Kier molecular flexibility index (Phi) is 2.14. The Morgan fingerprint density at radius 3 is 2.47 bits per heavy atom. The van der Waals surface area contributed by atoms with E-state index in [9.17, 15) is 4.79 Å². The third-order valence-electron chi connectivity index (χ3n) is 2.75. The van der Waals surface area contributed by atoms with E-state index in [2.05, 4.69) is 0 Å². The number of ether oxygens (including phenoxy) is 2. The van der Waals surface area contributed by atoms with Crippen LogP contribution in [0.25, 0.3) is 10.8 Å². The minimum Gasteiger partial charge on any atom is -0.485 e. The van der Waals surface area contributed by atoms with Gasteiger partial charge in [0.15, 0.2) is 11.5 Å². The highest BCUT2D eigenvalue weighted by Gasteiger charge is 2.27. The lowest BCUT2D eigenvalue weighted by atomic mass is 10.1. The lowest BCUT2D eigenvalue weighted by Gasteiger charge is -2.24. The largest absolute Gasteiger partial charge is 0.485 e. The molecule has 0 saturated heterocycles. The molecule has 0 bridgehead atoms. The molecule has 0 saturated carbocycles. The van der Waals surface area contributed by atoms with E-state index in [0.29, 0.717) is 11.5 Å². The molecule has 1 atom stereocenters. The van der Waals surface area contributed by atoms with Gasteiger partial charge in [0.1, 0.15) is 6.61 Å². The van der Waals surface area contributed by atoms with Gasteiger partial charge in [0.05, 0.1) is 0 Å². The van der Waals surface area contributed by atoms with E-state index < -0.39 is 12.1 Å². The molecule has 0 amide bonds. The third-order valence-corrected chi connectivity index (χ3v) is 2.75. The van der Waals surface area contributed by atoms with Gasteiger partial charge in [-0.25, -0.2) is 4.79 Å². The Morgan fingerprint density at radius 1 is 1.18 bits per heavy atom. The maximum atomic E-state index is 10.8. The molecule has 1 unspecified atom stereocenters. The van der Waals surface area contributed by atoms with E-state index in [1.807, 2.05) is 30.3 Å². The number of aliphatic carboxylic acids is 1. The SMILES string of the molecule is O=C(O)C1COc2cc3ccccc3cc2O1. The van der Waals surface area contributed by atoms with E-state index in [4.69, 9.17) is 14.6 Å². The molecule has 2 aromatic carbocycles. The second-order valence-corrected chi connectivity index (χ2v) is 3.90. The molecular formula is C13H10O4. The first kappa shape index (κ1) is 9.96. The first-order valence-corrected chi connectivity index (χ1v) is 5.29. The number of hydrogen-bond acceptors (Lipinski definition) is 3. The molecule has 17 heavy (non-hydrogen) atoms. The van der Waals surface area contributed by atoms with E-state index in [1.165, 1.54) is 0 Å². The van der Waals surface area contributed by atoms with Crippen molar-refractivity contribution in [3.05, 3.63) is 36.4 Å². The molecule has 1 heterocycles. The predicted molar refractivity (Wildman–Crippen MR) is 61.5 cm³/mol. The van der Waals surface area contributed by atoms with Gasteiger partial charge in [-0.15, -0.1) is 0 Å². The van der Waals surface area contributed by atoms with E-state index in [0.717, 1.165) is 10.8 Å². The standard InChI is InChI=1S/C13H10O4/c14-13(15)12-7-16-10-5-8-3-1-2-4-9(8)6-11(10)17-12/h1-6,12H,7H2,(H,14,15). The van der Waals surface area contributed by atoms with Crippen LogP contribution in [0.5, 0.6) is 11.5 Å². The van der Waals surface area contributed by atoms with Gasteiger partial charge >= 0.3 is 5.97 Å². The minimum absolute atomic E-state index is 0.0423. The van der Waals surface area contributed by atoms with Crippen molar-refractivity contribution in [3.8, 4) is 11.5 Å². The fraction of sp³-hybridized carbons (Fsp3) is 0.154. The van der Waals surface area contributed by atoms with Gasteiger partial charge in [0.2, 0.25) is 6.10 Å². The number of carbonyl (C=O) groups is 1. The van der Waals surface area contributed by atoms with Gasteiger partial charge in [0.25, 0.3) is 0 Å². The molecule has 86 valence electrons. The van der Waals surface area contributed by atoms with Crippen molar-refractivity contribution in [1.29, 1.82) is 0 Å². The summed E-state index contributed by atoms with van der Waals surface area (Å²) in [4.78, 5) is 10.8. The molecule has 0 radical (unpaired) electrons. The highest BCUT2D eigenvalue weighted by Crippen LogP contribution is 2.35. The van der Waals surface area contributed by atoms with Crippen LogP contribution in [0.4, 0.5) is 0 Å². The molecule has 0 spiro atoms. The van der Waals surface area contributed by atoms with E-state index in [1.54, 1.807) is 6.07 Å². The maximum Gasteiger partial charge on any atom is 0.348 e. The van der Waals surface area contributed by atoms with Crippen molar-refractivity contribution < 1.29 is 19.4 Å². The maximum absolute atomic E-state index is 10.8. The molecule has 4 heteroatoms. The van der Waals surface area contributed by atoms with Crippen molar-refractivity contribution in [3.63, 3.8) is 0 Å². The van der Waals surface area contributed by atoms with Crippen molar-refractivity contribution in [2.45, 2.75) is 6.10 Å². The zero-order valence-corrected chi connectivity index (χ0v) is 8.92. The van der Waals surface area contributed by atoms with Gasteiger partial charge in [-0.2, -0.15) is 0 Å². The predicted octanol–water partition coefficient (Wildman–Crippen LogP) is 2.06. The molecule has 1 aliphatic rings. The van der Waals surface area contributed by atoms with Crippen LogP contribution >= 0.6 is 0 Å². The monoisotopic (exact) mass is 230 g/mol. The Bertz CT molecular complexity index is 591. The molecule has 1 aliphatic heterocycles. The van der Waals surface area contributed by atoms with Crippen molar-refractivity contribution in [2.75, 3.05) is 6.61 Å². The summed E-state index contributed by atoms with van der Waals surface area (Å²) in [5, 5.41) is 10.9. The Labute approximate surface area is 97.4 Å². The van der Waals surface area contributed by atoms with Gasteiger partial charge in [-0.1, -0.05) is 24.3 Å². The highest BCUT2D eigenvalue weighted by atomic mass is 16.6. The smallest absolute Gasteiger partial charge is 0.348 e. The number of carboxylic acids is 1. The zero-order chi connectivity index (χ0) is 11.8. The molecule has 3 rings (SSSR count). The van der Waals surface area contributed by atoms with Crippen LogP contribution in [0.2, 0.25) is 0 Å². The van der Waals surface area contributed by atoms with Gasteiger partial charge in [-0.05, 0) is 22.9 Å². The average molecular weight is 230 g/mol. The van der Waals surface area contributed by atoms with Gasteiger partial charge in [0, 0.05) is 0 Å². The number of benzene rings is 2. The Morgan fingerprint density at radius 2 is 1.82 bits per heavy atom. The third kappa shape index (κ3) is 1.67. The fourth-order valence-electron chi connectivity index (χ4n) is 1.88. The number of hydrogen-bond donors (Lipinski definition) is 1. The number of fused-ring (bicyclic) bond motifs is 2. The number of rotatable bonds is 1. The second-order valence-electron chi connectivity index (χ2n) is 3.90. The summed E-state index contributed by atoms with van der Waals surface area (Å²) in [5.74, 6) is 0.0763. The quantitative estimate of drug-likeness (QED) is 0.814. The molecule has 0 aromatic heterocycles. The lowest BCUT2D eigenvalue weighted by molar-refractivity contribution is -0.147. The van der Waals surface area contributed by atoms with Crippen molar-refractivity contribution >= 4 is 16.7 Å². The summed E-state index contributed by atoms with van der Waals surface area (Å²) in [7, 11) is 0. The topological polar surface area (TPSA) is 55.8 Å². The molecule has 0 aliphatic carbocycles. The van der Waals surface area contributed by atoms with Crippen LogP contribution in [0.3, 0.4) is 0 Å². The Hall–Kier alpha value is -2.23. The number of carboxylic acid groups (broad SMARTS) is 1. The molecule has 2 aromatic rings. The molecule has 4 nitrogen and oxygen atoms in total. The Balaban J connectivity index is 2.07. The fourth-order valence-corrected chi connectivity index (χ4v) is 1.88. The highest BCUT2D eigenvalue weighted by molar-refractivity contribution is 5.86. The minimum atomic E-state index is -1.01. The molecule has 0 fully saturated rings. The van der Waals surface area contributed by atoms with Gasteiger partial charge in [-0.3, -0.25) is 0 Å². The van der Waals surface area contributed by atoms with E-state index in [-0.39, 0.29) is 6.61 Å². The lowest BCUT2D eigenvalue weighted by Crippen LogP contribution is -2.36.